The number of benzene rings is 1. The van der Waals surface area contributed by atoms with Crippen LogP contribution in [0.25, 0.3) is 0 Å². The number of nitrogens with zero attached hydrogens (tertiary/aromatic N) is 2. The summed E-state index contributed by atoms with van der Waals surface area (Å²) in [5, 5.41) is 11.0. The number of thioether (sulfide) groups is 1. The molecular weight excluding hydrogens is 432 g/mol. The summed E-state index contributed by atoms with van der Waals surface area (Å²) < 4.78 is 12.1. The Balaban J connectivity index is 1.50. The topological polar surface area (TPSA) is 81.5 Å². The van der Waals surface area contributed by atoms with Crippen LogP contribution in [-0.2, 0) is 23.4 Å². The Labute approximate surface area is 190 Å². The predicted octanol–water partition coefficient (Wildman–Crippen LogP) is 5.26. The number of thiazole rings is 1. The summed E-state index contributed by atoms with van der Waals surface area (Å²) in [4.78, 5) is 20.0. The van der Waals surface area contributed by atoms with Crippen molar-refractivity contribution < 1.29 is 19.4 Å². The molecule has 1 N–H and O–H groups in total. The molecule has 3 rings (SSSR count). The highest BCUT2D eigenvalue weighted by Gasteiger charge is 2.11. The van der Waals surface area contributed by atoms with E-state index in [-0.39, 0.29) is 6.42 Å². The fourth-order valence-electron chi connectivity index (χ4n) is 2.97. The van der Waals surface area contributed by atoms with Crippen molar-refractivity contribution in [3.05, 3.63) is 64.9 Å². The van der Waals surface area contributed by atoms with Crippen molar-refractivity contribution in [3.8, 4) is 11.5 Å². The van der Waals surface area contributed by atoms with Crippen molar-refractivity contribution in [1.82, 2.24) is 9.97 Å². The van der Waals surface area contributed by atoms with Crippen LogP contribution in [-0.4, -0.2) is 34.8 Å². The van der Waals surface area contributed by atoms with Gasteiger partial charge in [0.25, 0.3) is 0 Å². The molecule has 0 saturated carbocycles. The molecule has 0 aliphatic carbocycles. The fourth-order valence-corrected chi connectivity index (χ4v) is 4.52. The van der Waals surface area contributed by atoms with Gasteiger partial charge in [-0.2, -0.15) is 0 Å². The lowest BCUT2D eigenvalue weighted by Gasteiger charge is -2.12. The maximum Gasteiger partial charge on any atom is 0.303 e. The summed E-state index contributed by atoms with van der Waals surface area (Å²) in [6.45, 7) is 0.575. The van der Waals surface area contributed by atoms with Crippen LogP contribution < -0.4 is 9.47 Å². The average Bonchev–Trinajstić information content (AvgIpc) is 3.31. The quantitative estimate of drug-likeness (QED) is 0.276. The van der Waals surface area contributed by atoms with Gasteiger partial charge >= 0.3 is 5.97 Å². The first kappa shape index (κ1) is 23.1. The average molecular weight is 459 g/mol. The molecule has 0 fully saturated rings. The molecule has 3 aromatic rings. The summed E-state index contributed by atoms with van der Waals surface area (Å²) >= 11 is 3.22. The molecule has 0 amide bonds. The number of rotatable bonds is 13. The molecule has 0 aliphatic rings. The van der Waals surface area contributed by atoms with Crippen molar-refractivity contribution in [2.45, 2.75) is 42.2 Å². The second-order valence-corrected chi connectivity index (χ2v) is 9.00. The maximum atomic E-state index is 11.0. The zero-order chi connectivity index (χ0) is 21.9. The smallest absolute Gasteiger partial charge is 0.303 e. The Morgan fingerprint density at radius 2 is 1.97 bits per heavy atom. The molecular formula is C23H26N2O4S2. The Morgan fingerprint density at radius 3 is 2.68 bits per heavy atom. The molecule has 0 aliphatic heterocycles. The van der Waals surface area contributed by atoms with Gasteiger partial charge in [-0.3, -0.25) is 9.78 Å². The maximum absolute atomic E-state index is 11.0. The van der Waals surface area contributed by atoms with Gasteiger partial charge < -0.3 is 14.6 Å². The molecule has 164 valence electrons. The van der Waals surface area contributed by atoms with Crippen LogP contribution in [0.2, 0.25) is 0 Å². The van der Waals surface area contributed by atoms with Crippen molar-refractivity contribution in [1.29, 1.82) is 0 Å². The molecule has 0 unspecified atom stereocenters. The molecule has 2 heterocycles. The van der Waals surface area contributed by atoms with E-state index < -0.39 is 5.97 Å². The summed E-state index contributed by atoms with van der Waals surface area (Å²) in [6, 6.07) is 12.0. The van der Waals surface area contributed by atoms with Crippen LogP contribution in [0.1, 0.15) is 36.2 Å². The van der Waals surface area contributed by atoms with E-state index in [1.165, 1.54) is 5.56 Å². The first-order valence-corrected chi connectivity index (χ1v) is 12.0. The van der Waals surface area contributed by atoms with Crippen LogP contribution in [0.3, 0.4) is 0 Å². The lowest BCUT2D eigenvalue weighted by atomic mass is 10.1. The molecule has 31 heavy (non-hydrogen) atoms. The second-order valence-electron chi connectivity index (χ2n) is 6.88. The van der Waals surface area contributed by atoms with E-state index in [0.29, 0.717) is 30.2 Å². The molecule has 6 nitrogen and oxygen atoms in total. The van der Waals surface area contributed by atoms with Crippen molar-refractivity contribution in [2.24, 2.45) is 0 Å². The molecule has 0 bridgehead atoms. The van der Waals surface area contributed by atoms with E-state index in [1.54, 1.807) is 36.4 Å². The largest absolute Gasteiger partial charge is 0.497 e. The third-order valence-electron chi connectivity index (χ3n) is 4.60. The van der Waals surface area contributed by atoms with Crippen molar-refractivity contribution in [2.75, 3.05) is 13.7 Å². The summed E-state index contributed by atoms with van der Waals surface area (Å²) in [5.74, 6) is 1.39. The minimum absolute atomic E-state index is 0.0317. The standard InChI is InChI=1S/C23H26N2O4S2/c1-28-19-8-5-17(6-9-19)4-2-3-14-29-21-11-7-18(16-31-23-24-13-15-30-23)25-20(21)10-12-22(26)27/h5-9,11,13,15H,2-4,10,12,14,16H2,1H3,(H,26,27). The number of carboxylic acids is 1. The lowest BCUT2D eigenvalue weighted by molar-refractivity contribution is -0.136. The highest BCUT2D eigenvalue weighted by Crippen LogP contribution is 2.26. The number of hydrogen-bond donors (Lipinski definition) is 1. The zero-order valence-corrected chi connectivity index (χ0v) is 19.1. The number of methoxy groups -OCH3 is 1. The van der Waals surface area contributed by atoms with Gasteiger partial charge in [0.2, 0.25) is 0 Å². The van der Waals surface area contributed by atoms with Gasteiger partial charge in [-0.15, -0.1) is 11.3 Å². The third kappa shape index (κ3) is 7.88. The zero-order valence-electron chi connectivity index (χ0n) is 17.5. The number of hydrogen-bond acceptors (Lipinski definition) is 7. The van der Waals surface area contributed by atoms with E-state index in [9.17, 15) is 4.79 Å². The number of unbranched alkanes of at least 4 members (excludes halogenated alkanes) is 1. The second kappa shape index (κ2) is 12.3. The summed E-state index contributed by atoms with van der Waals surface area (Å²) in [6.07, 6.45) is 5.06. The molecule has 8 heteroatoms. The number of aromatic nitrogens is 2. The Morgan fingerprint density at radius 1 is 1.13 bits per heavy atom. The summed E-state index contributed by atoms with van der Waals surface area (Å²) in [7, 11) is 1.66. The van der Waals surface area contributed by atoms with Gasteiger partial charge in [-0.05, 0) is 49.1 Å². The minimum atomic E-state index is -0.838. The van der Waals surface area contributed by atoms with E-state index in [4.69, 9.17) is 14.6 Å². The number of aryl methyl sites for hydroxylation is 2. The van der Waals surface area contributed by atoms with Gasteiger partial charge in [0.1, 0.15) is 15.8 Å². The van der Waals surface area contributed by atoms with E-state index >= 15 is 0 Å². The molecule has 0 atom stereocenters. The first-order chi connectivity index (χ1) is 15.1. The molecule has 0 radical (unpaired) electrons. The number of pyridine rings is 1. The van der Waals surface area contributed by atoms with Crippen LogP contribution in [0, 0.1) is 0 Å². The highest BCUT2D eigenvalue weighted by molar-refractivity contribution is 8.00. The SMILES string of the molecule is COc1ccc(CCCCOc2ccc(CSc3nccs3)nc2CCC(=O)O)cc1. The number of carbonyl (C=O) groups is 1. The predicted molar refractivity (Wildman–Crippen MR) is 123 cm³/mol. The molecule has 0 saturated heterocycles. The highest BCUT2D eigenvalue weighted by atomic mass is 32.2. The minimum Gasteiger partial charge on any atom is -0.497 e. The van der Waals surface area contributed by atoms with Crippen LogP contribution >= 0.6 is 23.1 Å². The lowest BCUT2D eigenvalue weighted by Crippen LogP contribution is -2.06. The fraction of sp³-hybridized carbons (Fsp3) is 0.348. The number of carboxylic acid groups (broad SMARTS) is 1. The third-order valence-corrected chi connectivity index (χ3v) is 6.59. The van der Waals surface area contributed by atoms with Crippen LogP contribution in [0.15, 0.2) is 52.3 Å². The number of ether oxygens (including phenoxy) is 2. The van der Waals surface area contributed by atoms with Gasteiger partial charge in [0, 0.05) is 23.8 Å². The summed E-state index contributed by atoms with van der Waals surface area (Å²) in [5.41, 5.74) is 2.87. The van der Waals surface area contributed by atoms with E-state index in [2.05, 4.69) is 22.1 Å². The Hall–Kier alpha value is -2.58. The van der Waals surface area contributed by atoms with Crippen LogP contribution in [0.5, 0.6) is 11.5 Å². The van der Waals surface area contributed by atoms with Crippen molar-refractivity contribution >= 4 is 29.1 Å². The van der Waals surface area contributed by atoms with E-state index in [1.807, 2.05) is 29.6 Å². The van der Waals surface area contributed by atoms with Crippen molar-refractivity contribution in [3.63, 3.8) is 0 Å². The normalized spacial score (nSPS) is 10.7. The van der Waals surface area contributed by atoms with Gasteiger partial charge in [0.05, 0.1) is 31.5 Å². The van der Waals surface area contributed by atoms with Gasteiger partial charge in [-0.1, -0.05) is 23.9 Å². The van der Waals surface area contributed by atoms with E-state index in [0.717, 1.165) is 35.0 Å². The molecule has 2 aromatic heterocycles. The van der Waals surface area contributed by atoms with Crippen LogP contribution in [0.4, 0.5) is 0 Å². The van der Waals surface area contributed by atoms with Gasteiger partial charge in [-0.25, -0.2) is 4.98 Å². The molecule has 0 spiro atoms. The monoisotopic (exact) mass is 458 g/mol. The first-order valence-electron chi connectivity index (χ1n) is 10.1. The molecule has 1 aromatic carbocycles. The van der Waals surface area contributed by atoms with Gasteiger partial charge in [0.15, 0.2) is 0 Å². The Bertz CT molecular complexity index is 947. The number of aliphatic carboxylic acids is 1. The Kier molecular flexibility index (Phi) is 9.17.